The lowest BCUT2D eigenvalue weighted by Gasteiger charge is -2.24. The van der Waals surface area contributed by atoms with Gasteiger partial charge in [-0.2, -0.15) is 0 Å². The summed E-state index contributed by atoms with van der Waals surface area (Å²) in [7, 11) is 0. The van der Waals surface area contributed by atoms with Crippen molar-refractivity contribution in [2.24, 2.45) is 5.92 Å². The molecule has 2 unspecified atom stereocenters. The maximum Gasteiger partial charge on any atom is 0.307 e. The molecule has 1 aliphatic heterocycles. The molecule has 0 bridgehead atoms. The summed E-state index contributed by atoms with van der Waals surface area (Å²) >= 11 is 11.9. The number of nitrogens with zero attached hydrogens (tertiary/aromatic N) is 1. The van der Waals surface area contributed by atoms with Crippen LogP contribution in [0.4, 0.5) is 0 Å². The first-order valence-corrected chi connectivity index (χ1v) is 6.66. The number of carboxylic acid groups (broad SMARTS) is 1. The lowest BCUT2D eigenvalue weighted by Crippen LogP contribution is -2.26. The van der Waals surface area contributed by atoms with Gasteiger partial charge in [-0.1, -0.05) is 29.3 Å². The molecule has 1 saturated heterocycles. The number of hydrogen-bond acceptors (Lipinski definition) is 2. The molecule has 2 rings (SSSR count). The molecule has 0 saturated carbocycles. The van der Waals surface area contributed by atoms with Crippen LogP contribution >= 0.6 is 35.6 Å². The van der Waals surface area contributed by atoms with Gasteiger partial charge in [0.1, 0.15) is 0 Å². The summed E-state index contributed by atoms with van der Waals surface area (Å²) in [5.41, 5.74) is 1.07. The SMILES string of the molecule is CC(c1ccc(Cl)c(Cl)c1)N1CCC(C(=O)O)C1.Cl. The maximum absolute atomic E-state index is 10.9. The maximum atomic E-state index is 10.9. The van der Waals surface area contributed by atoms with Gasteiger partial charge < -0.3 is 5.11 Å². The highest BCUT2D eigenvalue weighted by Gasteiger charge is 2.31. The molecule has 2 atom stereocenters. The highest BCUT2D eigenvalue weighted by molar-refractivity contribution is 6.42. The zero-order valence-electron chi connectivity index (χ0n) is 10.5. The normalized spacial score (nSPS) is 20.9. The fourth-order valence-corrected chi connectivity index (χ4v) is 2.63. The van der Waals surface area contributed by atoms with E-state index in [9.17, 15) is 4.79 Å². The van der Waals surface area contributed by atoms with Crippen molar-refractivity contribution in [3.63, 3.8) is 0 Å². The minimum absolute atomic E-state index is 0. The van der Waals surface area contributed by atoms with E-state index in [2.05, 4.69) is 11.8 Å². The molecule has 0 aromatic heterocycles. The Kier molecular flexibility index (Phi) is 5.93. The van der Waals surface area contributed by atoms with Crippen molar-refractivity contribution in [2.45, 2.75) is 19.4 Å². The second-order valence-electron chi connectivity index (χ2n) is 4.67. The third-order valence-electron chi connectivity index (χ3n) is 3.54. The summed E-state index contributed by atoms with van der Waals surface area (Å²) in [6.07, 6.45) is 0.709. The molecule has 1 N–H and O–H groups in total. The van der Waals surface area contributed by atoms with E-state index in [1.165, 1.54) is 0 Å². The summed E-state index contributed by atoms with van der Waals surface area (Å²) in [5, 5.41) is 10.1. The summed E-state index contributed by atoms with van der Waals surface area (Å²) in [4.78, 5) is 13.1. The fourth-order valence-electron chi connectivity index (χ4n) is 2.32. The van der Waals surface area contributed by atoms with Crippen LogP contribution in [0.2, 0.25) is 10.0 Å². The molecule has 106 valence electrons. The van der Waals surface area contributed by atoms with E-state index in [1.54, 1.807) is 6.07 Å². The van der Waals surface area contributed by atoms with Crippen LogP contribution in [0, 0.1) is 5.92 Å². The molecule has 0 aliphatic carbocycles. The van der Waals surface area contributed by atoms with Gasteiger partial charge in [0.15, 0.2) is 0 Å². The van der Waals surface area contributed by atoms with Gasteiger partial charge in [0.05, 0.1) is 16.0 Å². The Balaban J connectivity index is 0.00000180. The number of hydrogen-bond donors (Lipinski definition) is 1. The third-order valence-corrected chi connectivity index (χ3v) is 4.28. The molecule has 1 aromatic carbocycles. The van der Waals surface area contributed by atoms with E-state index in [4.69, 9.17) is 28.3 Å². The van der Waals surface area contributed by atoms with Gasteiger partial charge in [0, 0.05) is 12.6 Å². The van der Waals surface area contributed by atoms with Gasteiger partial charge in [-0.05, 0) is 37.6 Å². The summed E-state index contributed by atoms with van der Waals surface area (Å²) in [5.74, 6) is -0.964. The largest absolute Gasteiger partial charge is 0.481 e. The highest BCUT2D eigenvalue weighted by atomic mass is 35.5. The van der Waals surface area contributed by atoms with Gasteiger partial charge in [0.25, 0.3) is 0 Å². The van der Waals surface area contributed by atoms with Crippen LogP contribution < -0.4 is 0 Å². The van der Waals surface area contributed by atoms with Crippen molar-refractivity contribution in [1.29, 1.82) is 0 Å². The van der Waals surface area contributed by atoms with E-state index < -0.39 is 5.97 Å². The number of aliphatic carboxylic acids is 1. The van der Waals surface area contributed by atoms with Crippen molar-refractivity contribution in [1.82, 2.24) is 4.90 Å². The van der Waals surface area contributed by atoms with Crippen LogP contribution in [0.5, 0.6) is 0 Å². The van der Waals surface area contributed by atoms with Crippen molar-refractivity contribution >= 4 is 41.6 Å². The molecule has 1 aliphatic rings. The molecule has 1 aromatic rings. The molecule has 0 spiro atoms. The van der Waals surface area contributed by atoms with Gasteiger partial charge >= 0.3 is 5.97 Å². The highest BCUT2D eigenvalue weighted by Crippen LogP contribution is 2.31. The number of carbonyl (C=O) groups is 1. The van der Waals surface area contributed by atoms with Gasteiger partial charge in [-0.25, -0.2) is 0 Å². The van der Waals surface area contributed by atoms with Gasteiger partial charge in [-0.3, -0.25) is 9.69 Å². The Morgan fingerprint density at radius 3 is 2.63 bits per heavy atom. The van der Waals surface area contributed by atoms with Crippen LogP contribution in [-0.4, -0.2) is 29.1 Å². The summed E-state index contributed by atoms with van der Waals surface area (Å²) in [6, 6.07) is 5.72. The second kappa shape index (κ2) is 6.80. The summed E-state index contributed by atoms with van der Waals surface area (Å²) < 4.78 is 0. The van der Waals surface area contributed by atoms with Crippen molar-refractivity contribution in [2.75, 3.05) is 13.1 Å². The molecule has 3 nitrogen and oxygen atoms in total. The van der Waals surface area contributed by atoms with E-state index in [0.717, 1.165) is 12.1 Å². The predicted molar refractivity (Wildman–Crippen MR) is 79.4 cm³/mol. The first kappa shape index (κ1) is 16.6. The van der Waals surface area contributed by atoms with E-state index in [1.807, 2.05) is 12.1 Å². The molecule has 19 heavy (non-hydrogen) atoms. The Labute approximate surface area is 128 Å². The number of rotatable bonds is 3. The Morgan fingerprint density at radius 1 is 1.42 bits per heavy atom. The molecule has 1 heterocycles. The average Bonchev–Trinajstić information content (AvgIpc) is 2.81. The minimum Gasteiger partial charge on any atom is -0.481 e. The number of halogens is 3. The quantitative estimate of drug-likeness (QED) is 0.917. The van der Waals surface area contributed by atoms with Crippen LogP contribution in [0.1, 0.15) is 24.9 Å². The monoisotopic (exact) mass is 323 g/mol. The standard InChI is InChI=1S/C13H15Cl2NO2.ClH/c1-8(9-2-3-11(14)12(15)6-9)16-5-4-10(7-16)13(17)18;/h2-3,6,8,10H,4-5,7H2,1H3,(H,17,18);1H. The predicted octanol–water partition coefficient (Wildman–Crippen LogP) is 3.88. The van der Waals surface area contributed by atoms with Crippen LogP contribution in [-0.2, 0) is 4.79 Å². The summed E-state index contributed by atoms with van der Waals surface area (Å²) in [6.45, 7) is 3.46. The third kappa shape index (κ3) is 3.76. The van der Waals surface area contributed by atoms with Gasteiger partial charge in [-0.15, -0.1) is 12.4 Å². The first-order valence-electron chi connectivity index (χ1n) is 5.91. The zero-order chi connectivity index (χ0) is 13.3. The molecular weight excluding hydrogens is 309 g/mol. The smallest absolute Gasteiger partial charge is 0.307 e. The lowest BCUT2D eigenvalue weighted by molar-refractivity contribution is -0.141. The van der Waals surface area contributed by atoms with E-state index >= 15 is 0 Å². The molecule has 1 fully saturated rings. The van der Waals surface area contributed by atoms with E-state index in [0.29, 0.717) is 23.0 Å². The van der Waals surface area contributed by atoms with Crippen LogP contribution in [0.25, 0.3) is 0 Å². The average molecular weight is 325 g/mol. The Morgan fingerprint density at radius 2 is 2.11 bits per heavy atom. The Hall–Kier alpha value is -0.480. The van der Waals surface area contributed by atoms with Crippen molar-refractivity contribution in [3.8, 4) is 0 Å². The number of benzene rings is 1. The van der Waals surface area contributed by atoms with Crippen LogP contribution in [0.3, 0.4) is 0 Å². The molecule has 0 radical (unpaired) electrons. The van der Waals surface area contributed by atoms with Gasteiger partial charge in [0.2, 0.25) is 0 Å². The molecule has 6 heteroatoms. The number of likely N-dealkylation sites (tertiary alicyclic amines) is 1. The first-order chi connectivity index (χ1) is 8.49. The van der Waals surface area contributed by atoms with Crippen molar-refractivity contribution < 1.29 is 9.90 Å². The van der Waals surface area contributed by atoms with Crippen LogP contribution in [0.15, 0.2) is 18.2 Å². The minimum atomic E-state index is -0.709. The topological polar surface area (TPSA) is 40.5 Å². The van der Waals surface area contributed by atoms with E-state index in [-0.39, 0.29) is 24.4 Å². The second-order valence-corrected chi connectivity index (χ2v) is 5.48. The molecular formula is C13H16Cl3NO2. The lowest BCUT2D eigenvalue weighted by atomic mass is 10.1. The van der Waals surface area contributed by atoms with Crippen molar-refractivity contribution in [3.05, 3.63) is 33.8 Å². The Bertz CT molecular complexity index is 467. The fraction of sp³-hybridized carbons (Fsp3) is 0.462. The zero-order valence-corrected chi connectivity index (χ0v) is 12.8. The number of carboxylic acids is 1. The molecule has 0 amide bonds.